The Morgan fingerprint density at radius 3 is 2.43 bits per heavy atom. The Morgan fingerprint density at radius 2 is 1.81 bits per heavy atom. The van der Waals surface area contributed by atoms with E-state index < -0.39 is 5.97 Å². The second-order valence-electron chi connectivity index (χ2n) is 5.26. The lowest BCUT2D eigenvalue weighted by Crippen LogP contribution is -2.00. The Labute approximate surface area is 125 Å². The van der Waals surface area contributed by atoms with Crippen molar-refractivity contribution in [2.24, 2.45) is 0 Å². The second kappa shape index (κ2) is 6.93. The van der Waals surface area contributed by atoms with Gasteiger partial charge in [0.1, 0.15) is 0 Å². The topological polar surface area (TPSA) is 63.3 Å². The van der Waals surface area contributed by atoms with Crippen molar-refractivity contribution in [2.75, 3.05) is 5.73 Å². The number of aromatic carboxylic acids is 1. The van der Waals surface area contributed by atoms with Gasteiger partial charge in [-0.25, -0.2) is 4.79 Å². The zero-order valence-corrected chi connectivity index (χ0v) is 12.3. The summed E-state index contributed by atoms with van der Waals surface area (Å²) < 4.78 is 0. The van der Waals surface area contributed by atoms with Gasteiger partial charge in [0.15, 0.2) is 0 Å². The highest BCUT2D eigenvalue weighted by Crippen LogP contribution is 2.26. The Bertz CT molecular complexity index is 618. The van der Waals surface area contributed by atoms with E-state index in [9.17, 15) is 9.90 Å². The minimum atomic E-state index is -0.933. The number of carboxylic acid groups (broad SMARTS) is 1. The zero-order chi connectivity index (χ0) is 15.2. The molecule has 21 heavy (non-hydrogen) atoms. The van der Waals surface area contributed by atoms with Crippen molar-refractivity contribution in [1.29, 1.82) is 0 Å². The van der Waals surface area contributed by atoms with Crippen molar-refractivity contribution in [3.05, 3.63) is 53.6 Å². The van der Waals surface area contributed by atoms with Crippen LogP contribution in [0.2, 0.25) is 0 Å². The highest BCUT2D eigenvalue weighted by molar-refractivity contribution is 5.96. The zero-order valence-electron chi connectivity index (χ0n) is 12.3. The van der Waals surface area contributed by atoms with Gasteiger partial charge < -0.3 is 10.8 Å². The molecule has 2 aromatic rings. The number of benzene rings is 2. The average Bonchev–Trinajstić information content (AvgIpc) is 2.48. The normalized spacial score (nSPS) is 10.5. The number of rotatable bonds is 6. The van der Waals surface area contributed by atoms with E-state index in [0.717, 1.165) is 12.0 Å². The lowest BCUT2D eigenvalue weighted by atomic mass is 9.97. The molecule has 0 aliphatic heterocycles. The lowest BCUT2D eigenvalue weighted by Gasteiger charge is -2.09. The van der Waals surface area contributed by atoms with E-state index in [1.807, 2.05) is 12.1 Å². The van der Waals surface area contributed by atoms with E-state index in [4.69, 9.17) is 5.73 Å². The smallest absolute Gasteiger partial charge is 0.336 e. The number of unbranched alkanes of at least 4 members (excludes halogenated alkanes) is 2. The maximum Gasteiger partial charge on any atom is 0.336 e. The fraction of sp³-hybridized carbons (Fsp3) is 0.278. The van der Waals surface area contributed by atoms with E-state index in [-0.39, 0.29) is 5.56 Å². The molecular weight excluding hydrogens is 262 g/mol. The molecule has 110 valence electrons. The molecule has 2 rings (SSSR count). The Kier molecular flexibility index (Phi) is 4.99. The molecule has 0 spiro atoms. The van der Waals surface area contributed by atoms with Crippen LogP contribution in [0.25, 0.3) is 11.1 Å². The maximum absolute atomic E-state index is 11.3. The Morgan fingerprint density at radius 1 is 1.10 bits per heavy atom. The summed E-state index contributed by atoms with van der Waals surface area (Å²) in [6, 6.07) is 13.0. The van der Waals surface area contributed by atoms with E-state index in [0.29, 0.717) is 11.3 Å². The summed E-state index contributed by atoms with van der Waals surface area (Å²) >= 11 is 0. The van der Waals surface area contributed by atoms with E-state index in [2.05, 4.69) is 19.1 Å². The highest BCUT2D eigenvalue weighted by atomic mass is 16.4. The molecule has 0 amide bonds. The summed E-state index contributed by atoms with van der Waals surface area (Å²) in [5, 5.41) is 9.27. The SMILES string of the molecule is CCCCCc1ccc(-c2cc(N)ccc2C(=O)O)cc1. The minimum absolute atomic E-state index is 0.280. The molecule has 3 nitrogen and oxygen atoms in total. The highest BCUT2D eigenvalue weighted by Gasteiger charge is 2.11. The van der Waals surface area contributed by atoms with Crippen LogP contribution in [0.4, 0.5) is 5.69 Å². The Hall–Kier alpha value is -2.29. The van der Waals surface area contributed by atoms with Gasteiger partial charge in [0.25, 0.3) is 0 Å². The molecule has 0 aromatic heterocycles. The summed E-state index contributed by atoms with van der Waals surface area (Å²) in [6.07, 6.45) is 4.70. The first kappa shape index (κ1) is 15.1. The predicted molar refractivity (Wildman–Crippen MR) is 86.5 cm³/mol. The molecule has 0 atom stereocenters. The van der Waals surface area contributed by atoms with Gasteiger partial charge in [0.05, 0.1) is 5.56 Å². The summed E-state index contributed by atoms with van der Waals surface area (Å²) in [5.74, 6) is -0.933. The first-order valence-electron chi connectivity index (χ1n) is 7.34. The van der Waals surface area contributed by atoms with Crippen molar-refractivity contribution in [3.63, 3.8) is 0 Å². The monoisotopic (exact) mass is 283 g/mol. The van der Waals surface area contributed by atoms with Gasteiger partial charge in [-0.1, -0.05) is 44.0 Å². The molecule has 0 heterocycles. The largest absolute Gasteiger partial charge is 0.478 e. The van der Waals surface area contributed by atoms with Crippen LogP contribution in [-0.4, -0.2) is 11.1 Å². The number of carboxylic acids is 1. The Balaban J connectivity index is 2.26. The first-order valence-corrected chi connectivity index (χ1v) is 7.34. The van der Waals surface area contributed by atoms with Crippen LogP contribution in [0.3, 0.4) is 0 Å². The summed E-state index contributed by atoms with van der Waals surface area (Å²) in [4.78, 5) is 11.3. The minimum Gasteiger partial charge on any atom is -0.478 e. The molecule has 0 unspecified atom stereocenters. The number of hydrogen-bond acceptors (Lipinski definition) is 2. The third kappa shape index (κ3) is 3.85. The molecule has 0 aliphatic rings. The third-order valence-electron chi connectivity index (χ3n) is 3.61. The van der Waals surface area contributed by atoms with Crippen LogP contribution in [0.1, 0.15) is 42.1 Å². The van der Waals surface area contributed by atoms with Crippen LogP contribution in [-0.2, 0) is 6.42 Å². The standard InChI is InChI=1S/C18H21NO2/c1-2-3-4-5-13-6-8-14(9-7-13)17-12-15(19)10-11-16(17)18(20)21/h6-12H,2-5,19H2,1H3,(H,20,21). The van der Waals surface area contributed by atoms with Gasteiger partial charge in [-0.15, -0.1) is 0 Å². The summed E-state index contributed by atoms with van der Waals surface area (Å²) in [7, 11) is 0. The van der Waals surface area contributed by atoms with Crippen LogP contribution >= 0.6 is 0 Å². The molecule has 0 bridgehead atoms. The number of nitrogen functional groups attached to an aromatic ring is 1. The molecule has 0 saturated carbocycles. The number of hydrogen-bond donors (Lipinski definition) is 2. The van der Waals surface area contributed by atoms with Crippen molar-refractivity contribution in [3.8, 4) is 11.1 Å². The molecule has 2 aromatic carbocycles. The fourth-order valence-electron chi connectivity index (χ4n) is 2.42. The van der Waals surface area contributed by atoms with Crippen molar-refractivity contribution >= 4 is 11.7 Å². The average molecular weight is 283 g/mol. The molecule has 0 saturated heterocycles. The number of aryl methyl sites for hydroxylation is 1. The number of carbonyl (C=O) groups is 1. The fourth-order valence-corrected chi connectivity index (χ4v) is 2.42. The first-order chi connectivity index (χ1) is 10.1. The summed E-state index contributed by atoms with van der Waals surface area (Å²) in [5.41, 5.74) is 9.48. The maximum atomic E-state index is 11.3. The van der Waals surface area contributed by atoms with Crippen LogP contribution in [0, 0.1) is 0 Å². The van der Waals surface area contributed by atoms with Crippen molar-refractivity contribution < 1.29 is 9.90 Å². The van der Waals surface area contributed by atoms with Gasteiger partial charge in [-0.05, 0) is 47.7 Å². The predicted octanol–water partition coefficient (Wildman–Crippen LogP) is 4.37. The van der Waals surface area contributed by atoms with Gasteiger partial charge in [0.2, 0.25) is 0 Å². The summed E-state index contributed by atoms with van der Waals surface area (Å²) in [6.45, 7) is 2.19. The number of nitrogens with two attached hydrogens (primary N) is 1. The molecule has 0 radical (unpaired) electrons. The van der Waals surface area contributed by atoms with Crippen molar-refractivity contribution in [2.45, 2.75) is 32.6 Å². The second-order valence-corrected chi connectivity index (χ2v) is 5.26. The molecular formula is C18H21NO2. The van der Waals surface area contributed by atoms with Crippen molar-refractivity contribution in [1.82, 2.24) is 0 Å². The lowest BCUT2D eigenvalue weighted by molar-refractivity contribution is 0.0698. The van der Waals surface area contributed by atoms with Gasteiger partial charge in [-0.3, -0.25) is 0 Å². The molecule has 3 heteroatoms. The van der Waals surface area contributed by atoms with Gasteiger partial charge in [0, 0.05) is 5.69 Å². The van der Waals surface area contributed by atoms with Crippen LogP contribution < -0.4 is 5.73 Å². The molecule has 0 fully saturated rings. The van der Waals surface area contributed by atoms with Gasteiger partial charge >= 0.3 is 5.97 Å². The molecule has 0 aliphatic carbocycles. The quantitative estimate of drug-likeness (QED) is 0.611. The van der Waals surface area contributed by atoms with Crippen LogP contribution in [0.15, 0.2) is 42.5 Å². The van der Waals surface area contributed by atoms with E-state index >= 15 is 0 Å². The van der Waals surface area contributed by atoms with E-state index in [1.54, 1.807) is 18.2 Å². The van der Waals surface area contributed by atoms with Gasteiger partial charge in [-0.2, -0.15) is 0 Å². The molecule has 3 N–H and O–H groups in total. The number of anilines is 1. The van der Waals surface area contributed by atoms with Crippen LogP contribution in [0.5, 0.6) is 0 Å². The van der Waals surface area contributed by atoms with E-state index in [1.165, 1.54) is 24.8 Å². The third-order valence-corrected chi connectivity index (χ3v) is 3.61.